The standard InChI is InChI=1S/C16H26N4O/c1-13(2)8-7-11-18-16(17-3)19-12-15(21)20-14-9-5-4-6-10-14/h4-6,9-10,13H,7-8,11-12H2,1-3H3,(H,20,21)(H2,17,18,19). The summed E-state index contributed by atoms with van der Waals surface area (Å²) in [6.07, 6.45) is 2.27. The maximum Gasteiger partial charge on any atom is 0.243 e. The molecule has 0 radical (unpaired) electrons. The van der Waals surface area contributed by atoms with Crippen molar-refractivity contribution in [2.45, 2.75) is 26.7 Å². The van der Waals surface area contributed by atoms with Gasteiger partial charge in [0.2, 0.25) is 5.91 Å². The van der Waals surface area contributed by atoms with E-state index in [1.807, 2.05) is 30.3 Å². The summed E-state index contributed by atoms with van der Waals surface area (Å²) in [5, 5.41) is 9.03. The first-order valence-corrected chi connectivity index (χ1v) is 7.41. The minimum Gasteiger partial charge on any atom is -0.356 e. The van der Waals surface area contributed by atoms with Crippen molar-refractivity contribution < 1.29 is 4.79 Å². The van der Waals surface area contributed by atoms with Gasteiger partial charge in [-0.3, -0.25) is 9.79 Å². The van der Waals surface area contributed by atoms with Crippen LogP contribution >= 0.6 is 0 Å². The summed E-state index contributed by atoms with van der Waals surface area (Å²) >= 11 is 0. The first-order chi connectivity index (χ1) is 10.1. The fraction of sp³-hybridized carbons (Fsp3) is 0.500. The average Bonchev–Trinajstić information content (AvgIpc) is 2.47. The predicted molar refractivity (Wildman–Crippen MR) is 88.5 cm³/mol. The van der Waals surface area contributed by atoms with Crippen molar-refractivity contribution in [2.75, 3.05) is 25.5 Å². The molecule has 0 aromatic heterocycles. The molecular formula is C16H26N4O. The third-order valence-corrected chi connectivity index (χ3v) is 2.95. The second kappa shape index (κ2) is 9.80. The number of hydrogen-bond donors (Lipinski definition) is 3. The van der Waals surface area contributed by atoms with Crippen LogP contribution in [0.4, 0.5) is 5.69 Å². The molecule has 0 heterocycles. The first kappa shape index (κ1) is 17.0. The largest absolute Gasteiger partial charge is 0.356 e. The lowest BCUT2D eigenvalue weighted by atomic mass is 10.1. The Morgan fingerprint density at radius 2 is 1.90 bits per heavy atom. The molecular weight excluding hydrogens is 264 g/mol. The number of rotatable bonds is 7. The Hall–Kier alpha value is -2.04. The van der Waals surface area contributed by atoms with Gasteiger partial charge in [-0.1, -0.05) is 32.0 Å². The smallest absolute Gasteiger partial charge is 0.243 e. The highest BCUT2D eigenvalue weighted by Crippen LogP contribution is 2.04. The molecule has 1 amide bonds. The van der Waals surface area contributed by atoms with E-state index in [-0.39, 0.29) is 12.5 Å². The normalized spacial score (nSPS) is 11.3. The summed E-state index contributed by atoms with van der Waals surface area (Å²) in [5.41, 5.74) is 0.796. The molecule has 0 unspecified atom stereocenters. The molecule has 21 heavy (non-hydrogen) atoms. The van der Waals surface area contributed by atoms with Crippen molar-refractivity contribution in [3.05, 3.63) is 30.3 Å². The van der Waals surface area contributed by atoms with Gasteiger partial charge in [-0.2, -0.15) is 0 Å². The van der Waals surface area contributed by atoms with E-state index in [1.165, 1.54) is 6.42 Å². The quantitative estimate of drug-likeness (QED) is 0.410. The fourth-order valence-electron chi connectivity index (χ4n) is 1.83. The zero-order valence-corrected chi connectivity index (χ0v) is 13.1. The highest BCUT2D eigenvalue weighted by Gasteiger charge is 2.04. The molecule has 0 saturated heterocycles. The van der Waals surface area contributed by atoms with Gasteiger partial charge in [-0.15, -0.1) is 0 Å². The van der Waals surface area contributed by atoms with Gasteiger partial charge in [0.1, 0.15) is 0 Å². The zero-order chi connectivity index (χ0) is 15.5. The van der Waals surface area contributed by atoms with Gasteiger partial charge < -0.3 is 16.0 Å². The number of nitrogens with zero attached hydrogens (tertiary/aromatic N) is 1. The van der Waals surface area contributed by atoms with Crippen molar-refractivity contribution >= 4 is 17.6 Å². The van der Waals surface area contributed by atoms with Crippen LogP contribution in [-0.2, 0) is 4.79 Å². The molecule has 1 aromatic carbocycles. The maximum atomic E-state index is 11.8. The summed E-state index contributed by atoms with van der Waals surface area (Å²) in [4.78, 5) is 15.9. The van der Waals surface area contributed by atoms with Gasteiger partial charge in [0.25, 0.3) is 0 Å². The lowest BCUT2D eigenvalue weighted by Crippen LogP contribution is -2.41. The molecule has 0 bridgehead atoms. The second-order valence-electron chi connectivity index (χ2n) is 5.30. The van der Waals surface area contributed by atoms with Crippen molar-refractivity contribution in [2.24, 2.45) is 10.9 Å². The van der Waals surface area contributed by atoms with Crippen molar-refractivity contribution in [3.63, 3.8) is 0 Å². The molecule has 0 spiro atoms. The number of nitrogens with one attached hydrogen (secondary N) is 3. The Kier molecular flexibility index (Phi) is 7.94. The van der Waals surface area contributed by atoms with Gasteiger partial charge in [-0.25, -0.2) is 0 Å². The molecule has 0 aliphatic carbocycles. The number of carbonyl (C=O) groups excluding carboxylic acids is 1. The topological polar surface area (TPSA) is 65.5 Å². The first-order valence-electron chi connectivity index (χ1n) is 7.41. The Balaban J connectivity index is 2.23. The molecule has 0 aliphatic heterocycles. The monoisotopic (exact) mass is 290 g/mol. The fourth-order valence-corrected chi connectivity index (χ4v) is 1.83. The third-order valence-electron chi connectivity index (χ3n) is 2.95. The lowest BCUT2D eigenvalue weighted by molar-refractivity contribution is -0.115. The molecule has 0 atom stereocenters. The van der Waals surface area contributed by atoms with Crippen LogP contribution in [0.1, 0.15) is 26.7 Å². The molecule has 0 saturated carbocycles. The van der Waals surface area contributed by atoms with E-state index >= 15 is 0 Å². The van der Waals surface area contributed by atoms with E-state index in [0.717, 1.165) is 18.7 Å². The number of guanidine groups is 1. The Labute approximate surface area is 127 Å². The number of anilines is 1. The molecule has 0 aliphatic rings. The number of para-hydroxylation sites is 1. The molecule has 1 aromatic rings. The minimum atomic E-state index is -0.0914. The maximum absolute atomic E-state index is 11.8. The van der Waals surface area contributed by atoms with Gasteiger partial charge in [0, 0.05) is 19.3 Å². The highest BCUT2D eigenvalue weighted by molar-refractivity contribution is 5.94. The Morgan fingerprint density at radius 3 is 2.52 bits per heavy atom. The molecule has 5 heteroatoms. The number of aliphatic imine (C=N–C) groups is 1. The van der Waals surface area contributed by atoms with Crippen molar-refractivity contribution in [1.29, 1.82) is 0 Å². The predicted octanol–water partition coefficient (Wildman–Crippen LogP) is 2.23. The number of benzene rings is 1. The second-order valence-corrected chi connectivity index (χ2v) is 5.30. The van der Waals surface area contributed by atoms with Gasteiger partial charge in [0.05, 0.1) is 6.54 Å². The van der Waals surface area contributed by atoms with Crippen molar-refractivity contribution in [3.8, 4) is 0 Å². The van der Waals surface area contributed by atoms with Crippen LogP contribution in [0.15, 0.2) is 35.3 Å². The van der Waals surface area contributed by atoms with E-state index in [4.69, 9.17) is 0 Å². The highest BCUT2D eigenvalue weighted by atomic mass is 16.1. The van der Waals surface area contributed by atoms with Crippen LogP contribution in [0, 0.1) is 5.92 Å². The van der Waals surface area contributed by atoms with Crippen LogP contribution in [0.25, 0.3) is 0 Å². The summed E-state index contributed by atoms with van der Waals surface area (Å²) in [6.45, 7) is 5.47. The summed E-state index contributed by atoms with van der Waals surface area (Å²) in [5.74, 6) is 1.27. The van der Waals surface area contributed by atoms with E-state index in [2.05, 4.69) is 34.8 Å². The van der Waals surface area contributed by atoms with Crippen LogP contribution in [-0.4, -0.2) is 32.0 Å². The molecule has 116 valence electrons. The SMILES string of the molecule is CN=C(NCCCC(C)C)NCC(=O)Nc1ccccc1. The molecule has 1 rings (SSSR count). The Bertz CT molecular complexity index is 443. The number of amides is 1. The van der Waals surface area contributed by atoms with Gasteiger partial charge in [0.15, 0.2) is 5.96 Å². The van der Waals surface area contributed by atoms with Crippen LogP contribution in [0.3, 0.4) is 0 Å². The lowest BCUT2D eigenvalue weighted by Gasteiger charge is -2.12. The van der Waals surface area contributed by atoms with E-state index < -0.39 is 0 Å². The van der Waals surface area contributed by atoms with Crippen LogP contribution in [0.2, 0.25) is 0 Å². The Morgan fingerprint density at radius 1 is 1.19 bits per heavy atom. The van der Waals surface area contributed by atoms with Gasteiger partial charge >= 0.3 is 0 Å². The summed E-state index contributed by atoms with van der Waals surface area (Å²) in [6, 6.07) is 9.40. The van der Waals surface area contributed by atoms with Crippen LogP contribution < -0.4 is 16.0 Å². The number of hydrogen-bond acceptors (Lipinski definition) is 2. The van der Waals surface area contributed by atoms with Crippen molar-refractivity contribution in [1.82, 2.24) is 10.6 Å². The van der Waals surface area contributed by atoms with E-state index in [9.17, 15) is 4.79 Å². The zero-order valence-electron chi connectivity index (χ0n) is 13.1. The van der Waals surface area contributed by atoms with Crippen LogP contribution in [0.5, 0.6) is 0 Å². The molecule has 3 N–H and O–H groups in total. The van der Waals surface area contributed by atoms with Gasteiger partial charge in [-0.05, 0) is 30.9 Å². The average molecular weight is 290 g/mol. The molecule has 0 fully saturated rings. The molecule has 5 nitrogen and oxygen atoms in total. The minimum absolute atomic E-state index is 0.0914. The van der Waals surface area contributed by atoms with E-state index in [1.54, 1.807) is 7.05 Å². The van der Waals surface area contributed by atoms with E-state index in [0.29, 0.717) is 11.9 Å². The third kappa shape index (κ3) is 7.97. The summed E-state index contributed by atoms with van der Waals surface area (Å²) in [7, 11) is 1.70. The summed E-state index contributed by atoms with van der Waals surface area (Å²) < 4.78 is 0. The number of carbonyl (C=O) groups is 1.